The van der Waals surface area contributed by atoms with Crippen LogP contribution in [0.5, 0.6) is 11.5 Å². The molecule has 1 fully saturated rings. The molecule has 164 valence electrons. The number of ether oxygens (including phenoxy) is 2. The predicted molar refractivity (Wildman–Crippen MR) is 118 cm³/mol. The van der Waals surface area contributed by atoms with Crippen LogP contribution in [0.25, 0.3) is 11.3 Å². The zero-order chi connectivity index (χ0) is 21.9. The summed E-state index contributed by atoms with van der Waals surface area (Å²) in [4.78, 5) is 29.5. The summed E-state index contributed by atoms with van der Waals surface area (Å²) >= 11 is 0. The number of nitrogens with one attached hydrogen (secondary N) is 1. The summed E-state index contributed by atoms with van der Waals surface area (Å²) in [7, 11) is 0. The largest absolute Gasteiger partial charge is 0.486 e. The number of hydrogen-bond donors (Lipinski definition) is 1. The molecule has 3 heterocycles. The zero-order valence-electron chi connectivity index (χ0n) is 17.6. The maximum Gasteiger partial charge on any atom is 0.267 e. The lowest BCUT2D eigenvalue weighted by Gasteiger charge is -2.30. The van der Waals surface area contributed by atoms with Crippen molar-refractivity contribution in [2.24, 2.45) is 0 Å². The minimum atomic E-state index is -0.162. The summed E-state index contributed by atoms with van der Waals surface area (Å²) in [6.45, 7) is 0.916. The number of carbonyl (C=O) groups is 1. The summed E-state index contributed by atoms with van der Waals surface area (Å²) < 4.78 is 12.8. The molecular weight excluding hydrogens is 408 g/mol. The molecule has 32 heavy (non-hydrogen) atoms. The van der Waals surface area contributed by atoms with Gasteiger partial charge in [-0.15, -0.1) is 0 Å². The highest BCUT2D eigenvalue weighted by Gasteiger charge is 2.27. The molecule has 8 nitrogen and oxygen atoms in total. The second-order valence-corrected chi connectivity index (χ2v) is 8.05. The van der Waals surface area contributed by atoms with Gasteiger partial charge in [0, 0.05) is 30.1 Å². The van der Waals surface area contributed by atoms with Gasteiger partial charge in [-0.2, -0.15) is 5.10 Å². The molecule has 3 aromatic rings. The Hall–Kier alpha value is -3.68. The van der Waals surface area contributed by atoms with Crippen LogP contribution in [0, 0.1) is 0 Å². The van der Waals surface area contributed by atoms with Gasteiger partial charge in [-0.3, -0.25) is 14.6 Å². The molecule has 0 radical (unpaired) electrons. The highest BCUT2D eigenvalue weighted by molar-refractivity contribution is 5.98. The van der Waals surface area contributed by atoms with Crippen LogP contribution < -0.4 is 20.3 Å². The van der Waals surface area contributed by atoms with Gasteiger partial charge in [-0.25, -0.2) is 4.68 Å². The summed E-state index contributed by atoms with van der Waals surface area (Å²) in [6, 6.07) is 12.5. The van der Waals surface area contributed by atoms with Crippen molar-refractivity contribution in [3.05, 3.63) is 70.8 Å². The first-order valence-corrected chi connectivity index (χ1v) is 10.9. The number of hydrogen-bond acceptors (Lipinski definition) is 6. The molecule has 0 saturated heterocycles. The van der Waals surface area contributed by atoms with E-state index in [4.69, 9.17) is 9.47 Å². The quantitative estimate of drug-likeness (QED) is 0.681. The van der Waals surface area contributed by atoms with Crippen molar-refractivity contribution in [3.63, 3.8) is 0 Å². The Morgan fingerprint density at radius 1 is 1.00 bits per heavy atom. The van der Waals surface area contributed by atoms with E-state index in [0.717, 1.165) is 36.9 Å². The molecule has 0 spiro atoms. The number of fused-ring (bicyclic) bond motifs is 1. The fourth-order valence-electron chi connectivity index (χ4n) is 4.34. The van der Waals surface area contributed by atoms with E-state index in [9.17, 15) is 9.59 Å². The average Bonchev–Trinajstić information content (AvgIpc) is 2.85. The van der Waals surface area contributed by atoms with E-state index in [2.05, 4.69) is 15.4 Å². The minimum absolute atomic E-state index is 0.00786. The maximum absolute atomic E-state index is 12.9. The zero-order valence-corrected chi connectivity index (χ0v) is 17.6. The first kappa shape index (κ1) is 20.2. The van der Waals surface area contributed by atoms with E-state index in [1.807, 2.05) is 12.1 Å². The summed E-state index contributed by atoms with van der Waals surface area (Å²) in [5, 5.41) is 7.71. The lowest BCUT2D eigenvalue weighted by atomic mass is 9.91. The standard InChI is InChI=1S/C24H24N4O4/c29-22-11-10-20(16-3-2-12-25-15-16)27-28(22)18-8-6-17(7-9-18)26-24(30)19-4-1-5-21-23(19)32-14-13-31-21/h1-5,10-12,15,17-18H,6-9,13-14H2,(H,26,30). The molecule has 1 aliphatic heterocycles. The topological polar surface area (TPSA) is 95.3 Å². The van der Waals surface area contributed by atoms with Crippen LogP contribution in [-0.2, 0) is 0 Å². The van der Waals surface area contributed by atoms with Crippen LogP contribution in [0.2, 0.25) is 0 Å². The van der Waals surface area contributed by atoms with Gasteiger partial charge in [0.15, 0.2) is 11.5 Å². The third kappa shape index (κ3) is 4.08. The van der Waals surface area contributed by atoms with E-state index < -0.39 is 0 Å². The van der Waals surface area contributed by atoms with Crippen LogP contribution in [0.15, 0.2) is 59.7 Å². The molecule has 1 aliphatic carbocycles. The van der Waals surface area contributed by atoms with Crippen molar-refractivity contribution in [2.45, 2.75) is 37.8 Å². The Morgan fingerprint density at radius 3 is 2.66 bits per heavy atom. The summed E-state index contributed by atoms with van der Waals surface area (Å²) in [6.07, 6.45) is 6.52. The van der Waals surface area contributed by atoms with Gasteiger partial charge in [0.1, 0.15) is 13.2 Å². The minimum Gasteiger partial charge on any atom is -0.486 e. The van der Waals surface area contributed by atoms with E-state index in [-0.39, 0.29) is 23.6 Å². The van der Waals surface area contributed by atoms with Gasteiger partial charge in [-0.1, -0.05) is 6.07 Å². The number of nitrogens with zero attached hydrogens (tertiary/aromatic N) is 3. The fourth-order valence-corrected chi connectivity index (χ4v) is 4.34. The normalized spacial score (nSPS) is 19.9. The molecule has 1 aromatic carbocycles. The maximum atomic E-state index is 12.9. The molecule has 2 aliphatic rings. The second kappa shape index (κ2) is 8.82. The van der Waals surface area contributed by atoms with Crippen molar-refractivity contribution < 1.29 is 14.3 Å². The first-order chi connectivity index (χ1) is 15.7. The van der Waals surface area contributed by atoms with Gasteiger partial charge in [-0.05, 0) is 56.0 Å². The molecule has 0 bridgehead atoms. The Kier molecular flexibility index (Phi) is 5.58. The number of pyridine rings is 1. The van der Waals surface area contributed by atoms with Crippen molar-refractivity contribution in [1.82, 2.24) is 20.1 Å². The van der Waals surface area contributed by atoms with E-state index >= 15 is 0 Å². The summed E-state index contributed by atoms with van der Waals surface area (Å²) in [5.74, 6) is 0.948. The fraction of sp³-hybridized carbons (Fsp3) is 0.333. The second-order valence-electron chi connectivity index (χ2n) is 8.05. The van der Waals surface area contributed by atoms with Gasteiger partial charge in [0.25, 0.3) is 11.5 Å². The van der Waals surface area contributed by atoms with E-state index in [1.165, 1.54) is 0 Å². The summed E-state index contributed by atoms with van der Waals surface area (Å²) in [5.41, 5.74) is 1.98. The third-order valence-electron chi connectivity index (χ3n) is 5.97. The van der Waals surface area contributed by atoms with Gasteiger partial charge < -0.3 is 14.8 Å². The Bertz CT molecular complexity index is 1170. The number of carbonyl (C=O) groups excluding carboxylic acids is 1. The van der Waals surface area contributed by atoms with Gasteiger partial charge >= 0.3 is 0 Å². The molecule has 8 heteroatoms. The Morgan fingerprint density at radius 2 is 1.84 bits per heavy atom. The average molecular weight is 432 g/mol. The number of amides is 1. The Labute approximate surface area is 185 Å². The number of rotatable bonds is 4. The molecular formula is C24H24N4O4. The highest BCUT2D eigenvalue weighted by Crippen LogP contribution is 2.34. The van der Waals surface area contributed by atoms with Crippen LogP contribution in [0.3, 0.4) is 0 Å². The molecule has 1 N–H and O–H groups in total. The van der Waals surface area contributed by atoms with Gasteiger partial charge in [0.2, 0.25) is 0 Å². The van der Waals surface area contributed by atoms with Crippen molar-refractivity contribution in [3.8, 4) is 22.8 Å². The van der Waals surface area contributed by atoms with Crippen LogP contribution >= 0.6 is 0 Å². The van der Waals surface area contributed by atoms with Gasteiger partial charge in [0.05, 0.1) is 17.3 Å². The Balaban J connectivity index is 1.25. The van der Waals surface area contributed by atoms with Crippen LogP contribution in [0.4, 0.5) is 0 Å². The number of aromatic nitrogens is 3. The predicted octanol–water partition coefficient (Wildman–Crippen LogP) is 2.99. The number of para-hydroxylation sites is 1. The van der Waals surface area contributed by atoms with Crippen molar-refractivity contribution in [2.75, 3.05) is 13.2 Å². The molecule has 0 atom stereocenters. The molecule has 2 aromatic heterocycles. The van der Waals surface area contributed by atoms with E-state index in [0.29, 0.717) is 30.3 Å². The lowest BCUT2D eigenvalue weighted by Crippen LogP contribution is -2.39. The highest BCUT2D eigenvalue weighted by atomic mass is 16.6. The SMILES string of the molecule is O=C(NC1CCC(n2nc(-c3cccnc3)ccc2=O)CC1)c1cccc2c1OCCO2. The lowest BCUT2D eigenvalue weighted by molar-refractivity contribution is 0.0910. The molecule has 5 rings (SSSR count). The molecule has 0 unspecified atom stereocenters. The monoisotopic (exact) mass is 432 g/mol. The van der Waals surface area contributed by atoms with Crippen molar-refractivity contribution in [1.29, 1.82) is 0 Å². The number of benzene rings is 1. The molecule has 1 amide bonds. The first-order valence-electron chi connectivity index (χ1n) is 10.9. The van der Waals surface area contributed by atoms with Crippen molar-refractivity contribution >= 4 is 5.91 Å². The van der Waals surface area contributed by atoms with Crippen LogP contribution in [-0.4, -0.2) is 39.9 Å². The van der Waals surface area contributed by atoms with Crippen LogP contribution in [0.1, 0.15) is 42.1 Å². The smallest absolute Gasteiger partial charge is 0.267 e. The molecule has 1 saturated carbocycles. The van der Waals surface area contributed by atoms with E-state index in [1.54, 1.807) is 47.4 Å². The third-order valence-corrected chi connectivity index (χ3v) is 5.97.